The largest absolute Gasteiger partial charge is 0.358 e. The van der Waals surface area contributed by atoms with Crippen molar-refractivity contribution in [1.82, 2.24) is 15.2 Å². The second-order valence-corrected chi connectivity index (χ2v) is 6.53. The van der Waals surface area contributed by atoms with Crippen LogP contribution < -0.4 is 5.32 Å². The maximum Gasteiger partial charge on any atom is 0.123 e. The van der Waals surface area contributed by atoms with Crippen molar-refractivity contribution < 1.29 is 4.39 Å². The van der Waals surface area contributed by atoms with E-state index in [2.05, 4.69) is 53.6 Å². The van der Waals surface area contributed by atoms with Crippen LogP contribution in [0.2, 0.25) is 0 Å². The minimum absolute atomic E-state index is 0.195. The van der Waals surface area contributed by atoms with Crippen LogP contribution in [0.25, 0.3) is 10.9 Å². The van der Waals surface area contributed by atoms with E-state index in [0.717, 1.165) is 35.2 Å². The summed E-state index contributed by atoms with van der Waals surface area (Å²) in [7, 11) is 4.15. The summed E-state index contributed by atoms with van der Waals surface area (Å²) in [5.74, 6) is -0.195. The van der Waals surface area contributed by atoms with Crippen molar-refractivity contribution in [2.75, 3.05) is 14.1 Å². The molecule has 3 nitrogen and oxygen atoms in total. The summed E-state index contributed by atoms with van der Waals surface area (Å²) < 4.78 is 13.5. The van der Waals surface area contributed by atoms with E-state index in [4.69, 9.17) is 0 Å². The number of H-pyrrole nitrogens is 1. The lowest BCUT2D eigenvalue weighted by molar-refractivity contribution is 0.400. The molecule has 0 radical (unpaired) electrons. The zero-order valence-electron chi connectivity index (χ0n) is 14.5. The van der Waals surface area contributed by atoms with Gasteiger partial charge in [0.2, 0.25) is 0 Å². The first kappa shape index (κ1) is 16.7. The third kappa shape index (κ3) is 3.66. The average Bonchev–Trinajstić information content (AvgIpc) is 2.84. The molecule has 1 aromatic heterocycles. The summed E-state index contributed by atoms with van der Waals surface area (Å²) in [6.45, 7) is 4.47. The predicted octanol–water partition coefficient (Wildman–Crippen LogP) is 3.97. The Balaban J connectivity index is 1.74. The summed E-state index contributed by atoms with van der Waals surface area (Å²) in [6.07, 6.45) is 0. The van der Waals surface area contributed by atoms with Crippen molar-refractivity contribution in [2.24, 2.45) is 0 Å². The van der Waals surface area contributed by atoms with Gasteiger partial charge in [0.15, 0.2) is 0 Å². The Morgan fingerprint density at radius 1 is 1.04 bits per heavy atom. The highest BCUT2D eigenvalue weighted by Gasteiger charge is 2.09. The molecule has 0 unspecified atom stereocenters. The number of aromatic nitrogens is 1. The Morgan fingerprint density at radius 3 is 2.54 bits per heavy atom. The summed E-state index contributed by atoms with van der Waals surface area (Å²) in [5, 5.41) is 4.47. The van der Waals surface area contributed by atoms with E-state index in [1.54, 1.807) is 12.1 Å². The molecular weight excluding hydrogens is 301 g/mol. The second kappa shape index (κ2) is 7.16. The highest BCUT2D eigenvalue weighted by atomic mass is 19.1. The average molecular weight is 325 g/mol. The van der Waals surface area contributed by atoms with Gasteiger partial charge in [0, 0.05) is 36.2 Å². The van der Waals surface area contributed by atoms with Crippen LogP contribution in [0.3, 0.4) is 0 Å². The van der Waals surface area contributed by atoms with Gasteiger partial charge >= 0.3 is 0 Å². The zero-order valence-corrected chi connectivity index (χ0v) is 14.5. The number of aromatic amines is 1. The summed E-state index contributed by atoms with van der Waals surface area (Å²) in [5.41, 5.74) is 5.84. The maximum absolute atomic E-state index is 13.5. The fraction of sp³-hybridized carbons (Fsp3) is 0.300. The second-order valence-electron chi connectivity index (χ2n) is 6.53. The molecule has 0 fully saturated rings. The molecule has 0 bridgehead atoms. The Morgan fingerprint density at radius 2 is 1.79 bits per heavy atom. The quantitative estimate of drug-likeness (QED) is 0.718. The SMILES string of the molecule is Cc1[nH]c2ccc(F)cc2c1CNCc1ccccc1CN(C)C. The number of halogens is 1. The van der Waals surface area contributed by atoms with Crippen molar-refractivity contribution >= 4 is 10.9 Å². The number of nitrogens with one attached hydrogen (secondary N) is 2. The van der Waals surface area contributed by atoms with E-state index < -0.39 is 0 Å². The van der Waals surface area contributed by atoms with Crippen LogP contribution in [0.15, 0.2) is 42.5 Å². The molecule has 126 valence electrons. The molecule has 0 atom stereocenters. The molecule has 0 saturated heterocycles. The lowest BCUT2D eigenvalue weighted by Crippen LogP contribution is -2.17. The molecule has 3 aromatic rings. The zero-order chi connectivity index (χ0) is 17.1. The smallest absolute Gasteiger partial charge is 0.123 e. The Kier molecular flexibility index (Phi) is 4.97. The number of hydrogen-bond acceptors (Lipinski definition) is 2. The fourth-order valence-electron chi connectivity index (χ4n) is 3.13. The first-order valence-electron chi connectivity index (χ1n) is 8.23. The molecule has 24 heavy (non-hydrogen) atoms. The van der Waals surface area contributed by atoms with Crippen LogP contribution in [-0.4, -0.2) is 24.0 Å². The monoisotopic (exact) mass is 325 g/mol. The normalized spacial score (nSPS) is 11.5. The van der Waals surface area contributed by atoms with Gasteiger partial charge in [0.25, 0.3) is 0 Å². The topological polar surface area (TPSA) is 31.1 Å². The molecule has 1 heterocycles. The molecular formula is C20H24FN3. The highest BCUT2D eigenvalue weighted by Crippen LogP contribution is 2.23. The van der Waals surface area contributed by atoms with Crippen LogP contribution >= 0.6 is 0 Å². The molecule has 3 rings (SSSR count). The molecule has 0 aliphatic heterocycles. The van der Waals surface area contributed by atoms with E-state index in [1.165, 1.54) is 17.2 Å². The van der Waals surface area contributed by atoms with Crippen molar-refractivity contribution in [3.05, 3.63) is 70.7 Å². The van der Waals surface area contributed by atoms with Gasteiger partial charge in [-0.2, -0.15) is 0 Å². The van der Waals surface area contributed by atoms with Gasteiger partial charge in [-0.1, -0.05) is 24.3 Å². The molecule has 2 aromatic carbocycles. The van der Waals surface area contributed by atoms with Gasteiger partial charge in [0.05, 0.1) is 0 Å². The third-order valence-corrected chi connectivity index (χ3v) is 4.30. The van der Waals surface area contributed by atoms with Gasteiger partial charge in [-0.05, 0) is 55.9 Å². The summed E-state index contributed by atoms with van der Waals surface area (Å²) in [6, 6.07) is 13.4. The Hall–Kier alpha value is -2.17. The van der Waals surface area contributed by atoms with Crippen LogP contribution in [-0.2, 0) is 19.6 Å². The lowest BCUT2D eigenvalue weighted by atomic mass is 10.1. The van der Waals surface area contributed by atoms with E-state index >= 15 is 0 Å². The van der Waals surface area contributed by atoms with Gasteiger partial charge < -0.3 is 15.2 Å². The standard InChI is InChI=1S/C20H24FN3/c1-14-19(18-10-17(21)8-9-20(18)23-14)12-22-11-15-6-4-5-7-16(15)13-24(2)3/h4-10,22-23H,11-13H2,1-3H3. The molecule has 0 amide bonds. The van der Waals surface area contributed by atoms with Crippen molar-refractivity contribution in [2.45, 2.75) is 26.6 Å². The van der Waals surface area contributed by atoms with E-state index in [1.807, 2.05) is 6.92 Å². The number of benzene rings is 2. The highest BCUT2D eigenvalue weighted by molar-refractivity contribution is 5.84. The fourth-order valence-corrected chi connectivity index (χ4v) is 3.13. The molecule has 0 aliphatic carbocycles. The van der Waals surface area contributed by atoms with Gasteiger partial charge in [-0.25, -0.2) is 4.39 Å². The van der Waals surface area contributed by atoms with Gasteiger partial charge in [-0.15, -0.1) is 0 Å². The minimum atomic E-state index is -0.195. The van der Waals surface area contributed by atoms with Crippen molar-refractivity contribution in [3.8, 4) is 0 Å². The first-order valence-corrected chi connectivity index (χ1v) is 8.23. The molecule has 2 N–H and O–H groups in total. The molecule has 4 heteroatoms. The summed E-state index contributed by atoms with van der Waals surface area (Å²) >= 11 is 0. The molecule has 0 aliphatic rings. The first-order chi connectivity index (χ1) is 11.5. The van der Waals surface area contributed by atoms with Gasteiger partial charge in [-0.3, -0.25) is 0 Å². The minimum Gasteiger partial charge on any atom is -0.358 e. The lowest BCUT2D eigenvalue weighted by Gasteiger charge is -2.14. The van der Waals surface area contributed by atoms with Crippen LogP contribution in [0.4, 0.5) is 4.39 Å². The summed E-state index contributed by atoms with van der Waals surface area (Å²) in [4.78, 5) is 5.50. The number of nitrogens with zero attached hydrogens (tertiary/aromatic N) is 1. The van der Waals surface area contributed by atoms with Crippen LogP contribution in [0, 0.1) is 12.7 Å². The van der Waals surface area contributed by atoms with E-state index in [9.17, 15) is 4.39 Å². The van der Waals surface area contributed by atoms with Crippen LogP contribution in [0.5, 0.6) is 0 Å². The number of hydrogen-bond donors (Lipinski definition) is 2. The molecule has 0 spiro atoms. The van der Waals surface area contributed by atoms with Crippen LogP contribution in [0.1, 0.15) is 22.4 Å². The van der Waals surface area contributed by atoms with Crippen molar-refractivity contribution in [1.29, 1.82) is 0 Å². The third-order valence-electron chi connectivity index (χ3n) is 4.30. The van der Waals surface area contributed by atoms with Gasteiger partial charge in [0.1, 0.15) is 5.82 Å². The van der Waals surface area contributed by atoms with E-state index in [0.29, 0.717) is 6.54 Å². The molecule has 0 saturated carbocycles. The number of aryl methyl sites for hydroxylation is 1. The Labute approximate surface area is 142 Å². The number of rotatable bonds is 6. The van der Waals surface area contributed by atoms with E-state index in [-0.39, 0.29) is 5.82 Å². The number of fused-ring (bicyclic) bond motifs is 1. The van der Waals surface area contributed by atoms with Crippen molar-refractivity contribution in [3.63, 3.8) is 0 Å². The maximum atomic E-state index is 13.5. The Bertz CT molecular complexity index is 836. The predicted molar refractivity (Wildman–Crippen MR) is 97.4 cm³/mol.